The van der Waals surface area contributed by atoms with Crippen molar-refractivity contribution in [1.29, 1.82) is 0 Å². The van der Waals surface area contributed by atoms with Crippen LogP contribution in [0.4, 0.5) is 0 Å². The maximum Gasteiger partial charge on any atom is 0.0637 e. The minimum absolute atomic E-state index is 0.355. The summed E-state index contributed by atoms with van der Waals surface area (Å²) < 4.78 is 23.3. The van der Waals surface area contributed by atoms with E-state index in [2.05, 4.69) is 0 Å². The summed E-state index contributed by atoms with van der Waals surface area (Å²) in [5.74, 6) is 0. The molecule has 0 rings (SSSR count). The molecule has 25 heavy (non-hydrogen) atoms. The van der Waals surface area contributed by atoms with Gasteiger partial charge in [0.1, 0.15) is 0 Å². The van der Waals surface area contributed by atoms with Crippen LogP contribution in [0.3, 0.4) is 0 Å². The van der Waals surface area contributed by atoms with Gasteiger partial charge in [0.15, 0.2) is 0 Å². The summed E-state index contributed by atoms with van der Waals surface area (Å²) in [7, 11) is 0. The van der Waals surface area contributed by atoms with Crippen LogP contribution in [0.15, 0.2) is 0 Å². The number of rotatable bonds is 20. The molecular formula is C17H40N4O4. The van der Waals surface area contributed by atoms with Gasteiger partial charge < -0.3 is 41.9 Å². The van der Waals surface area contributed by atoms with Gasteiger partial charge in [-0.05, 0) is 51.9 Å². The Bertz CT molecular complexity index is 220. The highest BCUT2D eigenvalue weighted by Crippen LogP contribution is 2.21. The number of hydrogen-bond acceptors (Lipinski definition) is 8. The van der Waals surface area contributed by atoms with Gasteiger partial charge in [0, 0.05) is 26.4 Å². The van der Waals surface area contributed by atoms with Crippen LogP contribution in [0.25, 0.3) is 0 Å². The topological polar surface area (TPSA) is 141 Å². The van der Waals surface area contributed by atoms with Crippen LogP contribution in [0, 0.1) is 5.41 Å². The van der Waals surface area contributed by atoms with E-state index in [-0.39, 0.29) is 5.41 Å². The lowest BCUT2D eigenvalue weighted by Gasteiger charge is -2.33. The molecule has 0 unspecified atom stereocenters. The molecule has 0 aromatic heterocycles. The minimum Gasteiger partial charge on any atom is -0.381 e. The number of ether oxygens (including phenoxy) is 4. The molecule has 0 atom stereocenters. The second-order valence-corrected chi connectivity index (χ2v) is 6.28. The van der Waals surface area contributed by atoms with E-state index in [0.29, 0.717) is 79.0 Å². The summed E-state index contributed by atoms with van der Waals surface area (Å²) in [6.45, 7) is 6.92. The van der Waals surface area contributed by atoms with Crippen molar-refractivity contribution in [3.05, 3.63) is 0 Å². The first-order valence-electron chi connectivity index (χ1n) is 9.36. The third-order valence-electron chi connectivity index (χ3n) is 3.60. The van der Waals surface area contributed by atoms with Crippen molar-refractivity contribution in [3.63, 3.8) is 0 Å². The van der Waals surface area contributed by atoms with Crippen LogP contribution >= 0.6 is 0 Å². The monoisotopic (exact) mass is 364 g/mol. The second kappa shape index (κ2) is 18.5. The van der Waals surface area contributed by atoms with Gasteiger partial charge in [0.05, 0.1) is 31.8 Å². The molecule has 8 N–H and O–H groups in total. The minimum atomic E-state index is -0.355. The van der Waals surface area contributed by atoms with Crippen LogP contribution < -0.4 is 22.9 Å². The molecule has 0 bridgehead atoms. The largest absolute Gasteiger partial charge is 0.381 e. The second-order valence-electron chi connectivity index (χ2n) is 6.28. The predicted octanol–water partition coefficient (Wildman–Crippen LogP) is -0.566. The molecule has 0 spiro atoms. The van der Waals surface area contributed by atoms with Crippen molar-refractivity contribution in [2.24, 2.45) is 28.3 Å². The van der Waals surface area contributed by atoms with Gasteiger partial charge in [-0.3, -0.25) is 0 Å². The quantitative estimate of drug-likeness (QED) is 0.211. The van der Waals surface area contributed by atoms with Crippen LogP contribution in [0.1, 0.15) is 25.7 Å². The first-order valence-corrected chi connectivity index (χ1v) is 9.36. The average molecular weight is 365 g/mol. The SMILES string of the molecule is NCCCOCC(COCCCN)(COCCCN)COCCCN. The Morgan fingerprint density at radius 3 is 0.880 bits per heavy atom. The Hall–Kier alpha value is -0.320. The van der Waals surface area contributed by atoms with E-state index in [1.54, 1.807) is 0 Å². The molecule has 0 fully saturated rings. The zero-order valence-electron chi connectivity index (χ0n) is 15.8. The van der Waals surface area contributed by atoms with E-state index >= 15 is 0 Å². The molecular weight excluding hydrogens is 324 g/mol. The fraction of sp³-hybridized carbons (Fsp3) is 1.00. The van der Waals surface area contributed by atoms with E-state index in [1.807, 2.05) is 0 Å². The maximum absolute atomic E-state index is 5.82. The van der Waals surface area contributed by atoms with Crippen LogP contribution in [0.2, 0.25) is 0 Å². The molecule has 0 saturated heterocycles. The smallest absolute Gasteiger partial charge is 0.0637 e. The first-order chi connectivity index (χ1) is 12.2. The van der Waals surface area contributed by atoms with Gasteiger partial charge in [-0.25, -0.2) is 0 Å². The normalized spacial score (nSPS) is 12.0. The molecule has 0 aliphatic rings. The lowest BCUT2D eigenvalue weighted by molar-refractivity contribution is -0.107. The van der Waals surface area contributed by atoms with Crippen LogP contribution in [-0.4, -0.2) is 79.0 Å². The molecule has 0 aliphatic heterocycles. The van der Waals surface area contributed by atoms with Gasteiger partial charge in [-0.15, -0.1) is 0 Å². The highest BCUT2D eigenvalue weighted by molar-refractivity contribution is 4.79. The van der Waals surface area contributed by atoms with E-state index in [9.17, 15) is 0 Å². The summed E-state index contributed by atoms with van der Waals surface area (Å²) in [6, 6.07) is 0. The summed E-state index contributed by atoms with van der Waals surface area (Å²) in [5.41, 5.74) is 21.8. The summed E-state index contributed by atoms with van der Waals surface area (Å²) in [4.78, 5) is 0. The van der Waals surface area contributed by atoms with Crippen LogP contribution in [0.5, 0.6) is 0 Å². The lowest BCUT2D eigenvalue weighted by atomic mass is 9.92. The average Bonchev–Trinajstić information content (AvgIpc) is 2.63. The molecule has 0 heterocycles. The highest BCUT2D eigenvalue weighted by atomic mass is 16.5. The molecule has 0 aromatic carbocycles. The summed E-state index contributed by atoms with van der Waals surface area (Å²) in [6.07, 6.45) is 3.30. The molecule has 8 heteroatoms. The van der Waals surface area contributed by atoms with Gasteiger partial charge in [-0.1, -0.05) is 0 Å². The molecule has 8 nitrogen and oxygen atoms in total. The molecule has 0 amide bonds. The van der Waals surface area contributed by atoms with Gasteiger partial charge in [0.25, 0.3) is 0 Å². The van der Waals surface area contributed by atoms with Crippen molar-refractivity contribution >= 4 is 0 Å². The Kier molecular flexibility index (Phi) is 18.2. The summed E-state index contributed by atoms with van der Waals surface area (Å²) >= 11 is 0. The van der Waals surface area contributed by atoms with E-state index in [0.717, 1.165) is 25.7 Å². The predicted molar refractivity (Wildman–Crippen MR) is 100 cm³/mol. The highest BCUT2D eigenvalue weighted by Gasteiger charge is 2.32. The molecule has 0 radical (unpaired) electrons. The first kappa shape index (κ1) is 24.7. The third kappa shape index (κ3) is 14.5. The molecule has 152 valence electrons. The van der Waals surface area contributed by atoms with Crippen LogP contribution in [-0.2, 0) is 18.9 Å². The van der Waals surface area contributed by atoms with Crippen molar-refractivity contribution in [1.82, 2.24) is 0 Å². The zero-order chi connectivity index (χ0) is 18.6. The number of hydrogen-bond donors (Lipinski definition) is 4. The van der Waals surface area contributed by atoms with Gasteiger partial charge >= 0.3 is 0 Å². The molecule has 0 aliphatic carbocycles. The van der Waals surface area contributed by atoms with Crippen molar-refractivity contribution in [3.8, 4) is 0 Å². The van der Waals surface area contributed by atoms with Crippen molar-refractivity contribution < 1.29 is 18.9 Å². The molecule has 0 saturated carbocycles. The fourth-order valence-corrected chi connectivity index (χ4v) is 2.15. The Morgan fingerprint density at radius 2 is 0.680 bits per heavy atom. The number of nitrogens with two attached hydrogens (primary N) is 4. The zero-order valence-corrected chi connectivity index (χ0v) is 15.8. The standard InChI is InChI=1S/C17H40N4O4/c18-5-1-9-22-13-17(14-23-10-2-6-19,15-24-11-3-7-20)16-25-12-4-8-21/h1-16,18-21H2. The Morgan fingerprint density at radius 1 is 0.440 bits per heavy atom. The van der Waals surface area contributed by atoms with Crippen molar-refractivity contribution in [2.45, 2.75) is 25.7 Å². The fourth-order valence-electron chi connectivity index (χ4n) is 2.15. The van der Waals surface area contributed by atoms with Gasteiger partial charge in [-0.2, -0.15) is 0 Å². The third-order valence-corrected chi connectivity index (χ3v) is 3.60. The van der Waals surface area contributed by atoms with Gasteiger partial charge in [0.2, 0.25) is 0 Å². The van der Waals surface area contributed by atoms with Crippen molar-refractivity contribution in [2.75, 3.05) is 79.0 Å². The molecule has 0 aromatic rings. The lowest BCUT2D eigenvalue weighted by Crippen LogP contribution is -2.42. The van der Waals surface area contributed by atoms with E-state index in [4.69, 9.17) is 41.9 Å². The Labute approximate surface area is 152 Å². The summed E-state index contributed by atoms with van der Waals surface area (Å²) in [5, 5.41) is 0. The van der Waals surface area contributed by atoms with E-state index in [1.165, 1.54) is 0 Å². The Balaban J connectivity index is 4.62. The van der Waals surface area contributed by atoms with E-state index < -0.39 is 0 Å². The maximum atomic E-state index is 5.82.